The number of aryl methyl sites for hydroxylation is 1. The topological polar surface area (TPSA) is 62.7 Å². The van der Waals surface area contributed by atoms with E-state index in [1.54, 1.807) is 48.7 Å². The fourth-order valence-corrected chi connectivity index (χ4v) is 2.93. The Hall–Kier alpha value is -2.73. The number of nitrogens with zero attached hydrogens (tertiary/aromatic N) is 1. The number of amides is 1. The Labute approximate surface area is 196 Å². The highest BCUT2D eigenvalue weighted by atomic mass is 35.6. The van der Waals surface area contributed by atoms with Crippen LogP contribution >= 0.6 is 34.8 Å². The molecule has 0 aliphatic rings. The minimum atomic E-state index is -1.88. The summed E-state index contributed by atoms with van der Waals surface area (Å²) in [7, 11) is 0. The molecule has 0 heterocycles. The van der Waals surface area contributed by atoms with Crippen LogP contribution in [0.3, 0.4) is 0 Å². The molecule has 0 aliphatic heterocycles. The lowest BCUT2D eigenvalue weighted by Crippen LogP contribution is -2.47. The summed E-state index contributed by atoms with van der Waals surface area (Å²) in [4.78, 5) is 12.5. The first kappa shape index (κ1) is 22.9. The number of anilines is 1. The van der Waals surface area contributed by atoms with Gasteiger partial charge in [0, 0.05) is 5.56 Å². The number of hydrogen-bond acceptors (Lipinski definition) is 4. The molecule has 3 rings (SSSR count). The predicted octanol–water partition coefficient (Wildman–Crippen LogP) is 5.95. The van der Waals surface area contributed by atoms with Gasteiger partial charge in [0.1, 0.15) is 5.75 Å². The zero-order valence-corrected chi connectivity index (χ0v) is 18.8. The molecule has 0 aliphatic carbocycles. The molecule has 3 aromatic carbocycles. The van der Waals surface area contributed by atoms with Crippen LogP contribution in [0.5, 0.6) is 5.75 Å². The summed E-state index contributed by atoms with van der Waals surface area (Å²) in [5.74, 6) is 0.0183. The monoisotopic (exact) mass is 475 g/mol. The summed E-state index contributed by atoms with van der Waals surface area (Å²) in [5.41, 5.74) is 6.05. The third-order valence-electron chi connectivity index (χ3n) is 4.15. The van der Waals surface area contributed by atoms with Gasteiger partial charge in [-0.2, -0.15) is 5.10 Å². The first-order valence-electron chi connectivity index (χ1n) is 9.36. The lowest BCUT2D eigenvalue weighted by atomic mass is 10.1. The molecule has 0 aromatic heterocycles. The summed E-state index contributed by atoms with van der Waals surface area (Å²) in [5, 5.41) is 6.81. The number of nitrogens with one attached hydrogen (secondary N) is 2. The normalized spacial score (nSPS) is 12.4. The van der Waals surface area contributed by atoms with Gasteiger partial charge in [0.25, 0.3) is 5.91 Å². The Morgan fingerprint density at radius 1 is 1.00 bits per heavy atom. The van der Waals surface area contributed by atoms with Crippen LogP contribution in [0.15, 0.2) is 84.0 Å². The number of benzene rings is 3. The van der Waals surface area contributed by atoms with E-state index in [-0.39, 0.29) is 0 Å². The maximum Gasteiger partial charge on any atom is 0.254 e. The fourth-order valence-electron chi connectivity index (χ4n) is 2.63. The second-order valence-corrected chi connectivity index (χ2v) is 9.06. The molecule has 2 N–H and O–H groups in total. The van der Waals surface area contributed by atoms with E-state index >= 15 is 0 Å². The largest absolute Gasteiger partial charge is 0.466 e. The van der Waals surface area contributed by atoms with E-state index in [4.69, 9.17) is 39.5 Å². The third kappa shape index (κ3) is 7.17. The van der Waals surface area contributed by atoms with E-state index in [1.165, 1.54) is 0 Å². The van der Waals surface area contributed by atoms with Crippen molar-refractivity contribution in [2.45, 2.75) is 16.9 Å². The van der Waals surface area contributed by atoms with Gasteiger partial charge >= 0.3 is 0 Å². The number of hydrogen-bond donors (Lipinski definition) is 2. The molecule has 5 nitrogen and oxygen atoms in total. The number of rotatable bonds is 7. The van der Waals surface area contributed by atoms with Crippen LogP contribution in [0.2, 0.25) is 0 Å². The summed E-state index contributed by atoms with van der Waals surface area (Å²) in [6, 6.07) is 23.7. The third-order valence-corrected chi connectivity index (χ3v) is 4.75. The predicted molar refractivity (Wildman–Crippen MR) is 127 cm³/mol. The first-order valence-corrected chi connectivity index (χ1v) is 10.5. The average molecular weight is 477 g/mol. The molecule has 0 unspecified atom stereocenters. The number of para-hydroxylation sites is 1. The van der Waals surface area contributed by atoms with E-state index < -0.39 is 15.9 Å². The second-order valence-electron chi connectivity index (χ2n) is 6.69. The van der Waals surface area contributed by atoms with Crippen molar-refractivity contribution in [3.05, 3.63) is 95.6 Å². The van der Waals surface area contributed by atoms with Crippen molar-refractivity contribution in [1.82, 2.24) is 5.32 Å². The molecule has 8 heteroatoms. The second kappa shape index (κ2) is 10.5. The SMILES string of the molecule is Cc1cccc(C(=O)N[C@H](Oc2ccc(/C=N\Nc3ccccc3)cc2)C(Cl)(Cl)Cl)c1. The molecule has 3 aromatic rings. The highest BCUT2D eigenvalue weighted by Gasteiger charge is 2.36. The van der Waals surface area contributed by atoms with Crippen molar-refractivity contribution in [2.75, 3.05) is 5.43 Å². The van der Waals surface area contributed by atoms with E-state index in [2.05, 4.69) is 15.8 Å². The van der Waals surface area contributed by atoms with Gasteiger partial charge in [0.2, 0.25) is 10.0 Å². The zero-order valence-electron chi connectivity index (χ0n) is 16.6. The van der Waals surface area contributed by atoms with Gasteiger partial charge in [-0.25, -0.2) is 0 Å². The van der Waals surface area contributed by atoms with Gasteiger partial charge in [-0.1, -0.05) is 70.7 Å². The summed E-state index contributed by atoms with van der Waals surface area (Å²) >= 11 is 18.1. The van der Waals surface area contributed by atoms with Crippen molar-refractivity contribution in [3.63, 3.8) is 0 Å². The fraction of sp³-hybridized carbons (Fsp3) is 0.130. The molecular formula is C23H20Cl3N3O2. The van der Waals surface area contributed by atoms with Crippen LogP contribution in [0.25, 0.3) is 0 Å². The Morgan fingerprint density at radius 2 is 1.71 bits per heavy atom. The van der Waals surface area contributed by atoms with E-state index in [0.717, 1.165) is 16.8 Å². The maximum absolute atomic E-state index is 12.5. The van der Waals surface area contributed by atoms with E-state index in [9.17, 15) is 4.79 Å². The summed E-state index contributed by atoms with van der Waals surface area (Å²) in [6.07, 6.45) is 0.479. The molecule has 0 saturated carbocycles. The van der Waals surface area contributed by atoms with Gasteiger partial charge in [-0.05, 0) is 61.0 Å². The highest BCUT2D eigenvalue weighted by Crippen LogP contribution is 2.32. The molecule has 31 heavy (non-hydrogen) atoms. The molecule has 160 valence electrons. The number of hydrazone groups is 1. The number of halogens is 3. The van der Waals surface area contributed by atoms with Crippen LogP contribution in [-0.4, -0.2) is 22.1 Å². The minimum absolute atomic E-state index is 0.407. The number of carbonyl (C=O) groups excluding carboxylic acids is 1. The summed E-state index contributed by atoms with van der Waals surface area (Å²) < 4.78 is 3.87. The van der Waals surface area contributed by atoms with Gasteiger partial charge in [0.05, 0.1) is 11.9 Å². The van der Waals surface area contributed by atoms with Crippen molar-refractivity contribution >= 4 is 52.6 Å². The van der Waals surface area contributed by atoms with Crippen LogP contribution < -0.4 is 15.5 Å². The highest BCUT2D eigenvalue weighted by molar-refractivity contribution is 6.68. The van der Waals surface area contributed by atoms with Crippen molar-refractivity contribution in [2.24, 2.45) is 5.10 Å². The molecule has 0 saturated heterocycles. The van der Waals surface area contributed by atoms with Crippen LogP contribution in [0.1, 0.15) is 21.5 Å². The average Bonchev–Trinajstić information content (AvgIpc) is 2.74. The number of ether oxygens (including phenoxy) is 1. The van der Waals surface area contributed by atoms with Crippen molar-refractivity contribution in [1.29, 1.82) is 0 Å². The van der Waals surface area contributed by atoms with Gasteiger partial charge < -0.3 is 10.1 Å². The van der Waals surface area contributed by atoms with E-state index in [1.807, 2.05) is 43.3 Å². The molecule has 1 amide bonds. The van der Waals surface area contributed by atoms with Crippen LogP contribution in [-0.2, 0) is 0 Å². The van der Waals surface area contributed by atoms with Gasteiger partial charge in [0.15, 0.2) is 0 Å². The Kier molecular flexibility index (Phi) is 7.80. The van der Waals surface area contributed by atoms with Crippen LogP contribution in [0.4, 0.5) is 5.69 Å². The quantitative estimate of drug-likeness (QED) is 0.192. The Balaban J connectivity index is 1.64. The van der Waals surface area contributed by atoms with Gasteiger partial charge in [-0.15, -0.1) is 0 Å². The number of carbonyl (C=O) groups is 1. The smallest absolute Gasteiger partial charge is 0.254 e. The van der Waals surface area contributed by atoms with E-state index in [0.29, 0.717) is 11.3 Å². The van der Waals surface area contributed by atoms with Crippen molar-refractivity contribution < 1.29 is 9.53 Å². The lowest BCUT2D eigenvalue weighted by molar-refractivity contribution is 0.0833. The standard InChI is InChI=1S/C23H20Cl3N3O2/c1-16-6-5-7-18(14-16)21(30)28-22(23(24,25)26)31-20-12-10-17(11-13-20)15-27-29-19-8-3-2-4-9-19/h2-15,22,29H,1H3,(H,28,30)/b27-15-/t22-/m1/s1. The van der Waals surface area contributed by atoms with Crippen LogP contribution in [0, 0.1) is 6.92 Å². The first-order chi connectivity index (χ1) is 14.8. The lowest BCUT2D eigenvalue weighted by Gasteiger charge is -2.26. The van der Waals surface area contributed by atoms with Gasteiger partial charge in [-0.3, -0.25) is 10.2 Å². The zero-order chi connectivity index (χ0) is 22.3. The van der Waals surface area contributed by atoms with Crippen molar-refractivity contribution in [3.8, 4) is 5.75 Å². The number of alkyl halides is 3. The molecule has 0 radical (unpaired) electrons. The molecule has 0 bridgehead atoms. The molecule has 0 fully saturated rings. The minimum Gasteiger partial charge on any atom is -0.466 e. The Bertz CT molecular complexity index is 1040. The Morgan fingerprint density at radius 3 is 2.35 bits per heavy atom. The molecule has 0 spiro atoms. The maximum atomic E-state index is 12.5. The molecule has 1 atom stereocenters. The summed E-state index contributed by atoms with van der Waals surface area (Å²) in [6.45, 7) is 1.89. The molecular weight excluding hydrogens is 457 g/mol.